The van der Waals surface area contributed by atoms with E-state index >= 15 is 0 Å². The van der Waals surface area contributed by atoms with Crippen molar-refractivity contribution in [3.63, 3.8) is 0 Å². The minimum Gasteiger partial charge on any atom is -0.482 e. The third-order valence-corrected chi connectivity index (χ3v) is 2.65. The number of aromatic nitrogens is 1. The summed E-state index contributed by atoms with van der Waals surface area (Å²) in [5.41, 5.74) is 1.78. The van der Waals surface area contributed by atoms with Crippen LogP contribution in [0.2, 0.25) is 0 Å². The highest BCUT2D eigenvalue weighted by Crippen LogP contribution is 2.16. The Labute approximate surface area is 121 Å². The molecule has 0 radical (unpaired) electrons. The van der Waals surface area contributed by atoms with E-state index in [1.54, 1.807) is 0 Å². The Morgan fingerprint density at radius 2 is 2.15 bits per heavy atom. The number of hydrogen-bond acceptors (Lipinski definition) is 4. The number of amides is 1. The molecule has 20 heavy (non-hydrogen) atoms. The lowest BCUT2D eigenvalue weighted by Gasteiger charge is -2.13. The van der Waals surface area contributed by atoms with Crippen molar-refractivity contribution < 1.29 is 9.53 Å². The van der Waals surface area contributed by atoms with Crippen LogP contribution in [0.5, 0.6) is 5.75 Å². The minimum absolute atomic E-state index is 0.0236. The first-order valence-corrected chi connectivity index (χ1v) is 7.09. The average Bonchev–Trinajstić information content (AvgIpc) is 2.37. The van der Waals surface area contributed by atoms with E-state index in [2.05, 4.69) is 29.5 Å². The fraction of sp³-hybridized carbons (Fsp3) is 0.600. The number of carbonyl (C=O) groups excluding carboxylic acids is 1. The van der Waals surface area contributed by atoms with Crippen molar-refractivity contribution >= 4 is 5.91 Å². The maximum atomic E-state index is 11.4. The Morgan fingerprint density at radius 3 is 2.80 bits per heavy atom. The number of rotatable bonds is 8. The molecular weight excluding hydrogens is 254 g/mol. The predicted molar refractivity (Wildman–Crippen MR) is 79.7 cm³/mol. The number of carbonyl (C=O) groups is 1. The van der Waals surface area contributed by atoms with Gasteiger partial charge in [0.25, 0.3) is 5.91 Å². The van der Waals surface area contributed by atoms with Gasteiger partial charge >= 0.3 is 0 Å². The molecule has 0 saturated carbocycles. The first kappa shape index (κ1) is 16.4. The molecule has 0 aliphatic rings. The van der Waals surface area contributed by atoms with Gasteiger partial charge in [0.1, 0.15) is 5.75 Å². The van der Waals surface area contributed by atoms with Crippen LogP contribution in [-0.4, -0.2) is 30.6 Å². The molecule has 2 N–H and O–H groups in total. The van der Waals surface area contributed by atoms with Gasteiger partial charge in [-0.1, -0.05) is 13.8 Å². The second kappa shape index (κ2) is 8.53. The molecule has 1 aromatic heterocycles. The number of nitrogens with one attached hydrogen (secondary N) is 2. The van der Waals surface area contributed by atoms with E-state index in [4.69, 9.17) is 4.74 Å². The molecule has 1 amide bonds. The van der Waals surface area contributed by atoms with E-state index in [0.717, 1.165) is 17.9 Å². The Hall–Kier alpha value is -1.62. The summed E-state index contributed by atoms with van der Waals surface area (Å²) in [6.45, 7) is 10.3. The largest absolute Gasteiger partial charge is 0.482 e. The molecule has 1 rings (SSSR count). The van der Waals surface area contributed by atoms with Gasteiger partial charge in [-0.3, -0.25) is 9.78 Å². The maximum absolute atomic E-state index is 11.4. The number of likely N-dealkylation sites (N-methyl/N-ethyl adjacent to an activating group) is 1. The Balaban J connectivity index is 2.62. The van der Waals surface area contributed by atoms with E-state index in [1.807, 2.05) is 26.0 Å². The first-order chi connectivity index (χ1) is 9.52. The van der Waals surface area contributed by atoms with Gasteiger partial charge in [-0.05, 0) is 38.4 Å². The Bertz CT molecular complexity index is 433. The summed E-state index contributed by atoms with van der Waals surface area (Å²) in [6.07, 6.45) is 0. The van der Waals surface area contributed by atoms with Crippen molar-refractivity contribution in [3.8, 4) is 5.75 Å². The molecule has 0 saturated heterocycles. The maximum Gasteiger partial charge on any atom is 0.257 e. The number of nitrogens with zero attached hydrogens (tertiary/aromatic N) is 1. The molecule has 0 unspecified atom stereocenters. The molecule has 112 valence electrons. The van der Waals surface area contributed by atoms with Crippen LogP contribution < -0.4 is 15.4 Å². The van der Waals surface area contributed by atoms with Crippen molar-refractivity contribution in [1.82, 2.24) is 15.6 Å². The first-order valence-electron chi connectivity index (χ1n) is 7.09. The minimum atomic E-state index is -0.117. The second-order valence-electron chi connectivity index (χ2n) is 5.16. The van der Waals surface area contributed by atoms with Crippen LogP contribution >= 0.6 is 0 Å². The molecule has 0 atom stereocenters. The lowest BCUT2D eigenvalue weighted by atomic mass is 10.2. The highest BCUT2D eigenvalue weighted by molar-refractivity contribution is 5.77. The standard InChI is InChI=1S/C15H25N3O2/c1-5-17-15(19)10-20-14-7-6-12(4)18-13(14)9-16-8-11(2)3/h6-7,11,16H,5,8-10H2,1-4H3,(H,17,19). The van der Waals surface area contributed by atoms with Crippen LogP contribution in [0, 0.1) is 12.8 Å². The summed E-state index contributed by atoms with van der Waals surface area (Å²) < 4.78 is 5.55. The van der Waals surface area contributed by atoms with Gasteiger partial charge < -0.3 is 15.4 Å². The van der Waals surface area contributed by atoms with E-state index in [9.17, 15) is 4.79 Å². The van der Waals surface area contributed by atoms with Crippen molar-refractivity contribution in [1.29, 1.82) is 0 Å². The van der Waals surface area contributed by atoms with Gasteiger partial charge in [-0.15, -0.1) is 0 Å². The lowest BCUT2D eigenvalue weighted by molar-refractivity contribution is -0.123. The molecule has 0 aliphatic carbocycles. The lowest BCUT2D eigenvalue weighted by Crippen LogP contribution is -2.29. The third-order valence-electron chi connectivity index (χ3n) is 2.65. The van der Waals surface area contributed by atoms with E-state index in [1.165, 1.54) is 0 Å². The Morgan fingerprint density at radius 1 is 1.40 bits per heavy atom. The highest BCUT2D eigenvalue weighted by Gasteiger charge is 2.08. The second-order valence-corrected chi connectivity index (χ2v) is 5.16. The van der Waals surface area contributed by atoms with Crippen molar-refractivity contribution in [2.24, 2.45) is 5.92 Å². The van der Waals surface area contributed by atoms with Crippen LogP contribution in [-0.2, 0) is 11.3 Å². The zero-order valence-corrected chi connectivity index (χ0v) is 12.8. The molecule has 0 spiro atoms. The van der Waals surface area contributed by atoms with Crippen LogP contribution in [0.25, 0.3) is 0 Å². The van der Waals surface area contributed by atoms with Gasteiger partial charge in [0.2, 0.25) is 0 Å². The summed E-state index contributed by atoms with van der Waals surface area (Å²) in [7, 11) is 0. The number of hydrogen-bond donors (Lipinski definition) is 2. The zero-order chi connectivity index (χ0) is 15.0. The quantitative estimate of drug-likeness (QED) is 0.759. The number of pyridine rings is 1. The van der Waals surface area contributed by atoms with Crippen LogP contribution in [0.4, 0.5) is 0 Å². The SMILES string of the molecule is CCNC(=O)COc1ccc(C)nc1CNCC(C)C. The summed E-state index contributed by atoms with van der Waals surface area (Å²) in [6, 6.07) is 3.76. The average molecular weight is 279 g/mol. The van der Waals surface area contributed by atoms with Gasteiger partial charge in [0.05, 0.1) is 5.69 Å². The van der Waals surface area contributed by atoms with Crippen molar-refractivity contribution in [2.75, 3.05) is 19.7 Å². The number of ether oxygens (including phenoxy) is 1. The van der Waals surface area contributed by atoms with Crippen molar-refractivity contribution in [2.45, 2.75) is 34.2 Å². The highest BCUT2D eigenvalue weighted by atomic mass is 16.5. The van der Waals surface area contributed by atoms with Crippen LogP contribution in [0.1, 0.15) is 32.2 Å². The van der Waals surface area contributed by atoms with E-state index in [-0.39, 0.29) is 12.5 Å². The summed E-state index contributed by atoms with van der Waals surface area (Å²) in [5, 5.41) is 6.04. The molecule has 5 heteroatoms. The molecular formula is C15H25N3O2. The summed E-state index contributed by atoms with van der Waals surface area (Å²) >= 11 is 0. The molecule has 0 aliphatic heterocycles. The van der Waals surface area contributed by atoms with Gasteiger partial charge in [0, 0.05) is 18.8 Å². The fourth-order valence-electron chi connectivity index (χ4n) is 1.73. The van der Waals surface area contributed by atoms with E-state index in [0.29, 0.717) is 24.8 Å². The van der Waals surface area contributed by atoms with Gasteiger partial charge in [-0.2, -0.15) is 0 Å². The van der Waals surface area contributed by atoms with Crippen LogP contribution in [0.15, 0.2) is 12.1 Å². The van der Waals surface area contributed by atoms with Gasteiger partial charge in [-0.25, -0.2) is 0 Å². The van der Waals surface area contributed by atoms with Gasteiger partial charge in [0.15, 0.2) is 6.61 Å². The summed E-state index contributed by atoms with van der Waals surface area (Å²) in [4.78, 5) is 15.9. The normalized spacial score (nSPS) is 10.7. The molecule has 0 aromatic carbocycles. The zero-order valence-electron chi connectivity index (χ0n) is 12.8. The predicted octanol–water partition coefficient (Wildman–Crippen LogP) is 1.65. The molecule has 0 fully saturated rings. The molecule has 1 aromatic rings. The third kappa shape index (κ3) is 6.02. The fourth-order valence-corrected chi connectivity index (χ4v) is 1.73. The topological polar surface area (TPSA) is 63.2 Å². The molecule has 5 nitrogen and oxygen atoms in total. The smallest absolute Gasteiger partial charge is 0.257 e. The van der Waals surface area contributed by atoms with E-state index < -0.39 is 0 Å². The van der Waals surface area contributed by atoms with Crippen LogP contribution in [0.3, 0.4) is 0 Å². The Kier molecular flexibility index (Phi) is 7.01. The van der Waals surface area contributed by atoms with Crippen molar-refractivity contribution in [3.05, 3.63) is 23.5 Å². The monoisotopic (exact) mass is 279 g/mol. The molecule has 0 bridgehead atoms. The summed E-state index contributed by atoms with van der Waals surface area (Å²) in [5.74, 6) is 1.13. The molecule has 1 heterocycles. The number of aryl methyl sites for hydroxylation is 1.